The number of hydrogen-bond donors (Lipinski definition) is 1. The molecule has 32 heavy (non-hydrogen) atoms. The number of benzene rings is 3. The molecule has 3 aromatic rings. The Balaban J connectivity index is 1.64. The summed E-state index contributed by atoms with van der Waals surface area (Å²) in [7, 11) is 1.58. The normalized spacial score (nSPS) is 10.9. The Morgan fingerprint density at radius 3 is 2.56 bits per heavy atom. The Morgan fingerprint density at radius 1 is 1.16 bits per heavy atom. The zero-order valence-electron chi connectivity index (χ0n) is 17.3. The number of rotatable bonds is 8. The minimum absolute atomic E-state index is 0.0227. The van der Waals surface area contributed by atoms with E-state index in [4.69, 9.17) is 9.47 Å². The minimum atomic E-state index is -0.473. The lowest BCUT2D eigenvalue weighted by Crippen LogP contribution is -2.23. The summed E-state index contributed by atoms with van der Waals surface area (Å²) in [6.07, 6.45) is 1.49. The SMILES string of the molecule is COc1ccc(CNC(=O)C(C#N)=Cc2ccc(OCc3ccccc3F)c(Br)c2)cc1. The minimum Gasteiger partial charge on any atom is -0.497 e. The van der Waals surface area contributed by atoms with Crippen LogP contribution in [-0.2, 0) is 17.9 Å². The van der Waals surface area contributed by atoms with E-state index in [9.17, 15) is 14.4 Å². The lowest BCUT2D eigenvalue weighted by atomic mass is 10.1. The van der Waals surface area contributed by atoms with E-state index in [1.54, 1.807) is 55.6 Å². The van der Waals surface area contributed by atoms with Gasteiger partial charge in [-0.15, -0.1) is 0 Å². The maximum Gasteiger partial charge on any atom is 0.262 e. The number of carbonyl (C=O) groups excluding carboxylic acids is 1. The molecule has 0 saturated heterocycles. The second kappa shape index (κ2) is 11.1. The van der Waals surface area contributed by atoms with Crippen molar-refractivity contribution < 1.29 is 18.7 Å². The van der Waals surface area contributed by atoms with Crippen LogP contribution in [0.3, 0.4) is 0 Å². The van der Waals surface area contributed by atoms with Gasteiger partial charge in [0.25, 0.3) is 5.91 Å². The highest BCUT2D eigenvalue weighted by Crippen LogP contribution is 2.28. The molecule has 1 N–H and O–H groups in total. The molecule has 0 aliphatic carbocycles. The van der Waals surface area contributed by atoms with Crippen LogP contribution in [0.2, 0.25) is 0 Å². The van der Waals surface area contributed by atoms with E-state index in [2.05, 4.69) is 21.2 Å². The molecule has 0 aromatic heterocycles. The van der Waals surface area contributed by atoms with Crippen LogP contribution < -0.4 is 14.8 Å². The summed E-state index contributed by atoms with van der Waals surface area (Å²) in [6.45, 7) is 0.367. The van der Waals surface area contributed by atoms with Gasteiger partial charge < -0.3 is 14.8 Å². The summed E-state index contributed by atoms with van der Waals surface area (Å²) in [5, 5.41) is 12.2. The fourth-order valence-corrected chi connectivity index (χ4v) is 3.34. The predicted octanol–water partition coefficient (Wildman–Crippen LogP) is 5.40. The topological polar surface area (TPSA) is 71.3 Å². The largest absolute Gasteiger partial charge is 0.497 e. The Bertz CT molecular complexity index is 1170. The van der Waals surface area contributed by atoms with Crippen molar-refractivity contribution in [2.45, 2.75) is 13.2 Å². The van der Waals surface area contributed by atoms with Crippen molar-refractivity contribution in [2.75, 3.05) is 7.11 Å². The Kier molecular flexibility index (Phi) is 8.01. The number of hydrogen-bond acceptors (Lipinski definition) is 4. The fraction of sp³-hybridized carbons (Fsp3) is 0.120. The number of nitriles is 1. The van der Waals surface area contributed by atoms with Crippen molar-refractivity contribution in [3.63, 3.8) is 0 Å². The smallest absolute Gasteiger partial charge is 0.262 e. The molecular weight excluding hydrogens is 475 g/mol. The van der Waals surface area contributed by atoms with Crippen molar-refractivity contribution in [3.8, 4) is 17.6 Å². The van der Waals surface area contributed by atoms with Gasteiger partial charge in [-0.2, -0.15) is 5.26 Å². The first kappa shape index (κ1) is 23.0. The van der Waals surface area contributed by atoms with Gasteiger partial charge in [0.05, 0.1) is 11.6 Å². The van der Waals surface area contributed by atoms with Gasteiger partial charge >= 0.3 is 0 Å². The number of methoxy groups -OCH3 is 1. The molecule has 0 unspecified atom stereocenters. The van der Waals surface area contributed by atoms with E-state index in [0.717, 1.165) is 11.3 Å². The molecule has 0 aliphatic heterocycles. The van der Waals surface area contributed by atoms with Crippen LogP contribution in [0.1, 0.15) is 16.7 Å². The van der Waals surface area contributed by atoms with Gasteiger partial charge in [-0.1, -0.05) is 36.4 Å². The average molecular weight is 495 g/mol. The van der Waals surface area contributed by atoms with Crippen LogP contribution in [0.5, 0.6) is 11.5 Å². The molecule has 5 nitrogen and oxygen atoms in total. The molecule has 0 saturated carbocycles. The van der Waals surface area contributed by atoms with E-state index in [1.165, 1.54) is 12.1 Å². The van der Waals surface area contributed by atoms with E-state index in [-0.39, 0.29) is 24.5 Å². The van der Waals surface area contributed by atoms with Gasteiger partial charge in [0.2, 0.25) is 0 Å². The summed E-state index contributed by atoms with van der Waals surface area (Å²) in [6, 6.07) is 20.8. The zero-order chi connectivity index (χ0) is 22.9. The van der Waals surface area contributed by atoms with Crippen molar-refractivity contribution >= 4 is 27.9 Å². The highest BCUT2D eigenvalue weighted by atomic mass is 79.9. The van der Waals surface area contributed by atoms with Gasteiger partial charge in [-0.25, -0.2) is 4.39 Å². The van der Waals surface area contributed by atoms with Crippen LogP contribution in [-0.4, -0.2) is 13.0 Å². The van der Waals surface area contributed by atoms with Gasteiger partial charge in [-0.05, 0) is 63.5 Å². The number of amides is 1. The predicted molar refractivity (Wildman–Crippen MR) is 123 cm³/mol. The maximum atomic E-state index is 13.7. The summed E-state index contributed by atoms with van der Waals surface area (Å²) in [5.41, 5.74) is 1.95. The lowest BCUT2D eigenvalue weighted by Gasteiger charge is -2.10. The molecule has 0 fully saturated rings. The monoisotopic (exact) mass is 494 g/mol. The third-order valence-corrected chi connectivity index (χ3v) is 5.20. The van der Waals surface area contributed by atoms with Crippen LogP contribution in [0.4, 0.5) is 4.39 Å². The summed E-state index contributed by atoms with van der Waals surface area (Å²) >= 11 is 3.42. The first-order valence-corrected chi connectivity index (χ1v) is 10.5. The first-order valence-electron chi connectivity index (χ1n) is 9.69. The number of nitrogens with zero attached hydrogens (tertiary/aromatic N) is 1. The number of halogens is 2. The Hall–Kier alpha value is -3.63. The van der Waals surface area contributed by atoms with Crippen molar-refractivity contribution in [1.82, 2.24) is 5.32 Å². The maximum absolute atomic E-state index is 13.7. The third kappa shape index (κ3) is 6.19. The molecule has 0 heterocycles. The standard InChI is InChI=1S/C25H20BrFN2O3/c1-31-21-9-6-17(7-10-21)15-29-25(30)20(14-28)12-18-8-11-24(22(26)13-18)32-16-19-4-2-3-5-23(19)27/h2-13H,15-16H2,1H3,(H,29,30). The second-order valence-corrected chi connectivity index (χ2v) is 7.62. The van der Waals surface area contributed by atoms with E-state index >= 15 is 0 Å². The lowest BCUT2D eigenvalue weighted by molar-refractivity contribution is -0.117. The quantitative estimate of drug-likeness (QED) is 0.336. The van der Waals surface area contributed by atoms with Crippen LogP contribution >= 0.6 is 15.9 Å². The van der Waals surface area contributed by atoms with E-state index in [1.807, 2.05) is 18.2 Å². The third-order valence-electron chi connectivity index (χ3n) is 4.59. The van der Waals surface area contributed by atoms with Gasteiger partial charge in [0.15, 0.2) is 0 Å². The Labute approximate surface area is 194 Å². The summed E-state index contributed by atoms with van der Waals surface area (Å²) in [4.78, 5) is 12.4. The highest BCUT2D eigenvalue weighted by Gasteiger charge is 2.10. The molecule has 3 aromatic carbocycles. The zero-order valence-corrected chi connectivity index (χ0v) is 18.9. The second-order valence-electron chi connectivity index (χ2n) is 6.77. The molecule has 0 aliphatic rings. The number of ether oxygens (including phenoxy) is 2. The van der Waals surface area contributed by atoms with Crippen LogP contribution in [0.15, 0.2) is 76.8 Å². The van der Waals surface area contributed by atoms with Gasteiger partial charge in [-0.3, -0.25) is 4.79 Å². The van der Waals surface area contributed by atoms with Crippen molar-refractivity contribution in [2.24, 2.45) is 0 Å². The molecule has 1 amide bonds. The molecule has 162 valence electrons. The molecule has 0 radical (unpaired) electrons. The van der Waals surface area contributed by atoms with Crippen molar-refractivity contribution in [1.29, 1.82) is 5.26 Å². The van der Waals surface area contributed by atoms with E-state index in [0.29, 0.717) is 21.3 Å². The molecule has 0 spiro atoms. The van der Waals surface area contributed by atoms with Crippen LogP contribution in [0.25, 0.3) is 6.08 Å². The Morgan fingerprint density at radius 2 is 1.91 bits per heavy atom. The molecular formula is C25H20BrFN2O3. The average Bonchev–Trinajstić information content (AvgIpc) is 2.81. The molecule has 3 rings (SSSR count). The first-order chi connectivity index (χ1) is 15.5. The molecule has 0 atom stereocenters. The summed E-state index contributed by atoms with van der Waals surface area (Å²) < 4.78 is 25.2. The molecule has 7 heteroatoms. The fourth-order valence-electron chi connectivity index (χ4n) is 2.83. The highest BCUT2D eigenvalue weighted by molar-refractivity contribution is 9.10. The number of nitrogens with one attached hydrogen (secondary N) is 1. The summed E-state index contributed by atoms with van der Waals surface area (Å²) in [5.74, 6) is 0.444. The number of carbonyl (C=O) groups is 1. The van der Waals surface area contributed by atoms with Crippen molar-refractivity contribution in [3.05, 3.63) is 99.3 Å². The van der Waals surface area contributed by atoms with Gasteiger partial charge in [0, 0.05) is 12.1 Å². The van der Waals surface area contributed by atoms with E-state index < -0.39 is 5.91 Å². The van der Waals surface area contributed by atoms with Crippen LogP contribution in [0, 0.1) is 17.1 Å². The van der Waals surface area contributed by atoms with Gasteiger partial charge in [0.1, 0.15) is 35.6 Å². The molecule has 0 bridgehead atoms.